The van der Waals surface area contributed by atoms with Crippen LogP contribution in [0.1, 0.15) is 37.8 Å². The van der Waals surface area contributed by atoms with Crippen molar-refractivity contribution < 1.29 is 0 Å². The predicted molar refractivity (Wildman–Crippen MR) is 73.4 cm³/mol. The van der Waals surface area contributed by atoms with Gasteiger partial charge >= 0.3 is 0 Å². The number of hydrogen-bond donors (Lipinski definition) is 0. The van der Waals surface area contributed by atoms with E-state index >= 15 is 0 Å². The molecule has 18 heavy (non-hydrogen) atoms. The molecule has 3 heterocycles. The SMILES string of the molecule is C[C@@H](c1cccnc1)N1CCN2CCCC[C@H]2C1. The number of aromatic nitrogens is 1. The van der Waals surface area contributed by atoms with Crippen molar-refractivity contribution in [3.8, 4) is 0 Å². The first-order valence-corrected chi connectivity index (χ1v) is 7.22. The summed E-state index contributed by atoms with van der Waals surface area (Å²) in [5, 5.41) is 0. The van der Waals surface area contributed by atoms with E-state index in [-0.39, 0.29) is 0 Å². The van der Waals surface area contributed by atoms with Crippen LogP contribution < -0.4 is 0 Å². The Morgan fingerprint density at radius 2 is 2.22 bits per heavy atom. The number of nitrogens with zero attached hydrogens (tertiary/aromatic N) is 3. The number of rotatable bonds is 2. The Morgan fingerprint density at radius 3 is 3.06 bits per heavy atom. The van der Waals surface area contributed by atoms with Crippen molar-refractivity contribution in [3.05, 3.63) is 30.1 Å². The lowest BCUT2D eigenvalue weighted by Crippen LogP contribution is -2.55. The van der Waals surface area contributed by atoms with Crippen LogP contribution in [0.3, 0.4) is 0 Å². The number of pyridine rings is 1. The van der Waals surface area contributed by atoms with Gasteiger partial charge in [-0.2, -0.15) is 0 Å². The van der Waals surface area contributed by atoms with E-state index in [1.807, 2.05) is 18.5 Å². The van der Waals surface area contributed by atoms with Crippen molar-refractivity contribution in [2.45, 2.75) is 38.3 Å². The van der Waals surface area contributed by atoms with E-state index in [0.717, 1.165) is 6.04 Å². The molecule has 2 aliphatic rings. The quantitative estimate of drug-likeness (QED) is 0.797. The molecule has 0 N–H and O–H groups in total. The Balaban J connectivity index is 1.67. The lowest BCUT2D eigenvalue weighted by molar-refractivity contribution is 0.0307. The first kappa shape index (κ1) is 12.1. The maximum absolute atomic E-state index is 4.24. The van der Waals surface area contributed by atoms with Crippen molar-refractivity contribution in [2.75, 3.05) is 26.2 Å². The summed E-state index contributed by atoms with van der Waals surface area (Å²) in [7, 11) is 0. The standard InChI is InChI=1S/C15H23N3/c1-13(14-5-4-7-16-11-14)18-10-9-17-8-3-2-6-15(17)12-18/h4-5,7,11,13,15H,2-3,6,8-10,12H2,1H3/t13-,15-/m0/s1. The molecule has 0 aliphatic carbocycles. The molecule has 3 heteroatoms. The zero-order chi connectivity index (χ0) is 12.4. The Kier molecular flexibility index (Phi) is 3.62. The molecule has 3 rings (SSSR count). The van der Waals surface area contributed by atoms with Gasteiger partial charge in [-0.15, -0.1) is 0 Å². The molecule has 2 fully saturated rings. The summed E-state index contributed by atoms with van der Waals surface area (Å²) in [5.41, 5.74) is 1.35. The fraction of sp³-hybridized carbons (Fsp3) is 0.667. The summed E-state index contributed by atoms with van der Waals surface area (Å²) in [6.45, 7) is 7.31. The third-order valence-corrected chi connectivity index (χ3v) is 4.58. The summed E-state index contributed by atoms with van der Waals surface area (Å²) < 4.78 is 0. The molecule has 98 valence electrons. The van der Waals surface area contributed by atoms with Gasteiger partial charge in [-0.05, 0) is 37.9 Å². The molecule has 2 saturated heterocycles. The molecular formula is C15H23N3. The van der Waals surface area contributed by atoms with Crippen molar-refractivity contribution >= 4 is 0 Å². The second-order valence-corrected chi connectivity index (χ2v) is 5.64. The summed E-state index contributed by atoms with van der Waals surface area (Å²) >= 11 is 0. The minimum absolute atomic E-state index is 0.503. The van der Waals surface area contributed by atoms with Gasteiger partial charge in [0.15, 0.2) is 0 Å². The molecule has 0 bridgehead atoms. The number of fused-ring (bicyclic) bond motifs is 1. The molecule has 2 atom stereocenters. The third-order valence-electron chi connectivity index (χ3n) is 4.58. The van der Waals surface area contributed by atoms with Crippen LogP contribution in [0.2, 0.25) is 0 Å². The summed E-state index contributed by atoms with van der Waals surface area (Å²) in [5.74, 6) is 0. The highest BCUT2D eigenvalue weighted by molar-refractivity contribution is 5.13. The molecule has 2 aliphatic heterocycles. The van der Waals surface area contributed by atoms with Crippen molar-refractivity contribution in [2.24, 2.45) is 0 Å². The van der Waals surface area contributed by atoms with Crippen LogP contribution in [-0.2, 0) is 0 Å². The largest absolute Gasteiger partial charge is 0.298 e. The van der Waals surface area contributed by atoms with Gasteiger partial charge < -0.3 is 0 Å². The van der Waals surface area contributed by atoms with Crippen LogP contribution >= 0.6 is 0 Å². The summed E-state index contributed by atoms with van der Waals surface area (Å²) in [4.78, 5) is 9.56. The van der Waals surface area contributed by atoms with Gasteiger partial charge in [0.1, 0.15) is 0 Å². The van der Waals surface area contributed by atoms with Crippen LogP contribution in [0.4, 0.5) is 0 Å². The highest BCUT2D eigenvalue weighted by atomic mass is 15.3. The normalized spacial score (nSPS) is 27.7. The fourth-order valence-electron chi connectivity index (χ4n) is 3.37. The van der Waals surface area contributed by atoms with E-state index in [9.17, 15) is 0 Å². The van der Waals surface area contributed by atoms with Gasteiger partial charge in [0, 0.05) is 44.1 Å². The zero-order valence-electron chi connectivity index (χ0n) is 11.3. The molecular weight excluding hydrogens is 222 g/mol. The molecule has 0 aromatic carbocycles. The topological polar surface area (TPSA) is 19.4 Å². The lowest BCUT2D eigenvalue weighted by atomic mass is 9.98. The molecule has 0 unspecified atom stereocenters. The lowest BCUT2D eigenvalue weighted by Gasteiger charge is -2.46. The highest BCUT2D eigenvalue weighted by Crippen LogP contribution is 2.26. The van der Waals surface area contributed by atoms with Crippen LogP contribution in [0.25, 0.3) is 0 Å². The highest BCUT2D eigenvalue weighted by Gasteiger charge is 2.31. The van der Waals surface area contributed by atoms with Crippen LogP contribution in [-0.4, -0.2) is 47.0 Å². The van der Waals surface area contributed by atoms with Gasteiger partial charge in [-0.3, -0.25) is 14.8 Å². The third kappa shape index (κ3) is 2.43. The summed E-state index contributed by atoms with van der Waals surface area (Å²) in [6.07, 6.45) is 8.06. The van der Waals surface area contributed by atoms with Crippen LogP contribution in [0.5, 0.6) is 0 Å². The Hall–Kier alpha value is -0.930. The zero-order valence-corrected chi connectivity index (χ0v) is 11.3. The second-order valence-electron chi connectivity index (χ2n) is 5.64. The van der Waals surface area contributed by atoms with Crippen molar-refractivity contribution in [1.29, 1.82) is 0 Å². The number of hydrogen-bond acceptors (Lipinski definition) is 3. The Bertz CT molecular complexity index is 379. The molecule has 0 saturated carbocycles. The van der Waals surface area contributed by atoms with Crippen molar-refractivity contribution in [3.63, 3.8) is 0 Å². The fourth-order valence-corrected chi connectivity index (χ4v) is 3.37. The van der Waals surface area contributed by atoms with E-state index in [1.54, 1.807) is 0 Å². The maximum atomic E-state index is 4.24. The van der Waals surface area contributed by atoms with Gasteiger partial charge in [0.2, 0.25) is 0 Å². The summed E-state index contributed by atoms with van der Waals surface area (Å²) in [6, 6.07) is 5.54. The van der Waals surface area contributed by atoms with Gasteiger partial charge in [-0.1, -0.05) is 12.5 Å². The molecule has 0 radical (unpaired) electrons. The van der Waals surface area contributed by atoms with Gasteiger partial charge in [-0.25, -0.2) is 0 Å². The molecule has 1 aromatic rings. The van der Waals surface area contributed by atoms with Gasteiger partial charge in [0.05, 0.1) is 0 Å². The van der Waals surface area contributed by atoms with Crippen LogP contribution in [0.15, 0.2) is 24.5 Å². The van der Waals surface area contributed by atoms with Crippen molar-refractivity contribution in [1.82, 2.24) is 14.8 Å². The minimum atomic E-state index is 0.503. The number of piperazine rings is 1. The average molecular weight is 245 g/mol. The Labute approximate surface area is 110 Å². The van der Waals surface area contributed by atoms with Gasteiger partial charge in [0.25, 0.3) is 0 Å². The van der Waals surface area contributed by atoms with E-state index in [1.165, 1.54) is 51.0 Å². The monoisotopic (exact) mass is 245 g/mol. The number of piperidine rings is 1. The first-order valence-electron chi connectivity index (χ1n) is 7.22. The van der Waals surface area contributed by atoms with E-state index < -0.39 is 0 Å². The van der Waals surface area contributed by atoms with Crippen LogP contribution in [0, 0.1) is 0 Å². The molecule has 0 amide bonds. The molecule has 0 spiro atoms. The van der Waals surface area contributed by atoms with E-state index in [2.05, 4.69) is 27.8 Å². The Morgan fingerprint density at radius 1 is 1.28 bits per heavy atom. The second kappa shape index (κ2) is 5.37. The van der Waals surface area contributed by atoms with E-state index in [0.29, 0.717) is 6.04 Å². The average Bonchev–Trinajstić information content (AvgIpc) is 2.47. The smallest absolute Gasteiger partial charge is 0.0336 e. The molecule has 3 nitrogen and oxygen atoms in total. The molecule has 1 aromatic heterocycles. The van der Waals surface area contributed by atoms with E-state index in [4.69, 9.17) is 0 Å². The maximum Gasteiger partial charge on any atom is 0.0336 e. The predicted octanol–water partition coefficient (Wildman–Crippen LogP) is 2.31. The first-order chi connectivity index (χ1) is 8.84. The minimum Gasteiger partial charge on any atom is -0.298 e.